The van der Waals surface area contributed by atoms with Gasteiger partial charge in [0.15, 0.2) is 9.84 Å². The molecule has 0 spiro atoms. The van der Waals surface area contributed by atoms with E-state index in [-0.39, 0.29) is 11.3 Å². The lowest BCUT2D eigenvalue weighted by Crippen LogP contribution is -2.26. The Hall–Kier alpha value is -1.59. The zero-order chi connectivity index (χ0) is 16.2. The van der Waals surface area contributed by atoms with Gasteiger partial charge in [0, 0.05) is 16.9 Å². The maximum atomic E-state index is 12.4. The van der Waals surface area contributed by atoms with Gasteiger partial charge < -0.3 is 0 Å². The molecule has 0 saturated heterocycles. The second-order valence-corrected chi connectivity index (χ2v) is 8.61. The predicted molar refractivity (Wildman–Crippen MR) is 91.8 cm³/mol. The molecule has 1 aromatic carbocycles. The van der Waals surface area contributed by atoms with Gasteiger partial charge in [-0.15, -0.1) is 0 Å². The highest BCUT2D eigenvalue weighted by atomic mass is 35.5. The standard InChI is InChI=1S/C17H16ClNO3S/c18-16-14(11-2-1-3-11)6-4-12-5-7-15(20)19(17(12)16)13-8-9-23(21,22)10-13/h4-9,11,13H,1-3,10H2/t13-/m1/s1. The van der Waals surface area contributed by atoms with Crippen molar-refractivity contribution in [2.24, 2.45) is 0 Å². The Bertz CT molecular complexity index is 987. The number of sulfone groups is 1. The number of hydrogen-bond donors (Lipinski definition) is 0. The quantitative estimate of drug-likeness (QED) is 0.834. The summed E-state index contributed by atoms with van der Waals surface area (Å²) in [6, 6.07) is 6.73. The third-order valence-electron chi connectivity index (χ3n) is 4.85. The molecule has 1 saturated carbocycles. The number of benzene rings is 1. The van der Waals surface area contributed by atoms with Crippen LogP contribution in [0.3, 0.4) is 0 Å². The molecule has 0 bridgehead atoms. The summed E-state index contributed by atoms with van der Waals surface area (Å²) < 4.78 is 25.0. The molecule has 0 N–H and O–H groups in total. The average molecular weight is 350 g/mol. The summed E-state index contributed by atoms with van der Waals surface area (Å²) in [6.45, 7) is 0. The van der Waals surface area contributed by atoms with Gasteiger partial charge in [0.25, 0.3) is 5.56 Å². The van der Waals surface area contributed by atoms with E-state index >= 15 is 0 Å². The zero-order valence-corrected chi connectivity index (χ0v) is 14.0. The van der Waals surface area contributed by atoms with E-state index in [1.807, 2.05) is 12.1 Å². The highest BCUT2D eigenvalue weighted by Gasteiger charge is 2.28. The first-order valence-electron chi connectivity index (χ1n) is 7.71. The Morgan fingerprint density at radius 2 is 1.87 bits per heavy atom. The lowest BCUT2D eigenvalue weighted by molar-refractivity contribution is 0.420. The van der Waals surface area contributed by atoms with Gasteiger partial charge in [0.2, 0.25) is 0 Å². The minimum atomic E-state index is -3.25. The highest BCUT2D eigenvalue weighted by Crippen LogP contribution is 2.42. The third kappa shape index (κ3) is 2.42. The molecule has 2 aromatic rings. The smallest absolute Gasteiger partial charge is 0.251 e. The average Bonchev–Trinajstić information content (AvgIpc) is 2.80. The van der Waals surface area contributed by atoms with Crippen LogP contribution in [0.25, 0.3) is 10.9 Å². The van der Waals surface area contributed by atoms with Crippen molar-refractivity contribution in [1.29, 1.82) is 0 Å². The molecule has 1 aliphatic carbocycles. The van der Waals surface area contributed by atoms with Crippen molar-refractivity contribution < 1.29 is 8.42 Å². The van der Waals surface area contributed by atoms with Crippen LogP contribution in [0.4, 0.5) is 0 Å². The zero-order valence-electron chi connectivity index (χ0n) is 12.4. The van der Waals surface area contributed by atoms with Crippen molar-refractivity contribution in [1.82, 2.24) is 4.57 Å². The van der Waals surface area contributed by atoms with Crippen LogP contribution in [-0.2, 0) is 9.84 Å². The van der Waals surface area contributed by atoms with Gasteiger partial charge in [0.05, 0.1) is 22.3 Å². The second kappa shape index (κ2) is 5.21. The van der Waals surface area contributed by atoms with E-state index in [4.69, 9.17) is 11.6 Å². The number of hydrogen-bond acceptors (Lipinski definition) is 3. The molecule has 1 atom stereocenters. The molecule has 4 rings (SSSR count). The van der Waals surface area contributed by atoms with Crippen LogP contribution in [0.2, 0.25) is 5.02 Å². The van der Waals surface area contributed by atoms with Gasteiger partial charge in [0.1, 0.15) is 0 Å². The molecule has 0 radical (unpaired) electrons. The number of halogens is 1. The van der Waals surface area contributed by atoms with E-state index in [1.54, 1.807) is 12.1 Å². The number of rotatable bonds is 2. The maximum Gasteiger partial charge on any atom is 0.251 e. The largest absolute Gasteiger partial charge is 0.299 e. The van der Waals surface area contributed by atoms with E-state index in [1.165, 1.54) is 22.5 Å². The van der Waals surface area contributed by atoms with Crippen LogP contribution < -0.4 is 5.56 Å². The summed E-state index contributed by atoms with van der Waals surface area (Å²) in [4.78, 5) is 12.4. The Morgan fingerprint density at radius 3 is 2.48 bits per heavy atom. The van der Waals surface area contributed by atoms with Crippen LogP contribution in [-0.4, -0.2) is 18.7 Å². The topological polar surface area (TPSA) is 56.1 Å². The Balaban J connectivity index is 1.97. The lowest BCUT2D eigenvalue weighted by Gasteiger charge is -2.28. The monoisotopic (exact) mass is 349 g/mol. The van der Waals surface area contributed by atoms with Gasteiger partial charge >= 0.3 is 0 Å². The molecular formula is C17H16ClNO3S. The fourth-order valence-electron chi connectivity index (χ4n) is 3.41. The van der Waals surface area contributed by atoms with Crippen molar-refractivity contribution in [2.75, 3.05) is 5.75 Å². The minimum Gasteiger partial charge on any atom is -0.299 e. The molecule has 2 heterocycles. The lowest BCUT2D eigenvalue weighted by atomic mass is 9.80. The van der Waals surface area contributed by atoms with Gasteiger partial charge in [-0.25, -0.2) is 8.42 Å². The summed E-state index contributed by atoms with van der Waals surface area (Å²) in [7, 11) is -3.25. The summed E-state index contributed by atoms with van der Waals surface area (Å²) in [5.41, 5.74) is 1.49. The number of allylic oxidation sites excluding steroid dienone is 1. The van der Waals surface area contributed by atoms with E-state index < -0.39 is 15.9 Å². The maximum absolute atomic E-state index is 12.4. The first-order valence-corrected chi connectivity index (χ1v) is 9.80. The van der Waals surface area contributed by atoms with Crippen LogP contribution >= 0.6 is 11.6 Å². The van der Waals surface area contributed by atoms with Crippen molar-refractivity contribution in [3.05, 3.63) is 56.7 Å². The molecule has 0 amide bonds. The van der Waals surface area contributed by atoms with E-state index in [9.17, 15) is 13.2 Å². The van der Waals surface area contributed by atoms with Crippen molar-refractivity contribution in [3.63, 3.8) is 0 Å². The third-order valence-corrected chi connectivity index (χ3v) is 6.62. The van der Waals surface area contributed by atoms with E-state index in [0.29, 0.717) is 16.5 Å². The first-order chi connectivity index (χ1) is 11.0. The first kappa shape index (κ1) is 15.0. The number of pyridine rings is 1. The Labute approximate surface area is 139 Å². The number of aromatic nitrogens is 1. The van der Waals surface area contributed by atoms with Crippen LogP contribution in [0.15, 0.2) is 40.5 Å². The molecule has 1 fully saturated rings. The van der Waals surface area contributed by atoms with Gasteiger partial charge in [-0.05, 0) is 36.5 Å². The summed E-state index contributed by atoms with van der Waals surface area (Å²) in [5, 5.41) is 2.63. The number of nitrogens with zero attached hydrogens (tertiary/aromatic N) is 1. The molecule has 2 aliphatic rings. The fourth-order valence-corrected chi connectivity index (χ4v) is 5.10. The Morgan fingerprint density at radius 1 is 1.13 bits per heavy atom. The molecule has 120 valence electrons. The molecule has 4 nitrogen and oxygen atoms in total. The molecule has 1 aromatic heterocycles. The van der Waals surface area contributed by atoms with Crippen LogP contribution in [0.1, 0.15) is 36.8 Å². The van der Waals surface area contributed by atoms with Crippen molar-refractivity contribution in [3.8, 4) is 0 Å². The van der Waals surface area contributed by atoms with Gasteiger partial charge in [-0.2, -0.15) is 0 Å². The fraction of sp³-hybridized carbons (Fsp3) is 0.353. The van der Waals surface area contributed by atoms with Crippen molar-refractivity contribution >= 4 is 32.3 Å². The molecule has 1 aliphatic heterocycles. The predicted octanol–water partition coefficient (Wildman–Crippen LogP) is 3.41. The van der Waals surface area contributed by atoms with Crippen LogP contribution in [0, 0.1) is 0 Å². The highest BCUT2D eigenvalue weighted by molar-refractivity contribution is 7.94. The summed E-state index contributed by atoms with van der Waals surface area (Å²) >= 11 is 6.64. The second-order valence-electron chi connectivity index (χ2n) is 6.30. The molecule has 6 heteroatoms. The summed E-state index contributed by atoms with van der Waals surface area (Å²) in [5.74, 6) is 0.356. The van der Waals surface area contributed by atoms with Crippen molar-refractivity contribution in [2.45, 2.75) is 31.2 Å². The SMILES string of the molecule is O=c1ccc2ccc(C3CCC3)c(Cl)c2n1[C@@H]1C=CS(=O)(=O)C1. The summed E-state index contributed by atoms with van der Waals surface area (Å²) in [6.07, 6.45) is 4.99. The molecule has 0 unspecified atom stereocenters. The molecular weight excluding hydrogens is 334 g/mol. The van der Waals surface area contributed by atoms with Gasteiger partial charge in [-0.3, -0.25) is 9.36 Å². The molecule has 23 heavy (non-hydrogen) atoms. The van der Waals surface area contributed by atoms with E-state index in [2.05, 4.69) is 0 Å². The van der Waals surface area contributed by atoms with Gasteiger partial charge in [-0.1, -0.05) is 30.2 Å². The minimum absolute atomic E-state index is 0.0873. The normalized spacial score (nSPS) is 23.3. The van der Waals surface area contributed by atoms with Crippen LogP contribution in [0.5, 0.6) is 0 Å². The van der Waals surface area contributed by atoms with E-state index in [0.717, 1.165) is 23.8 Å². The number of fused-ring (bicyclic) bond motifs is 1. The Kier molecular flexibility index (Phi) is 3.39.